The molecular weight excluding hydrogens is 505 g/mol. The minimum atomic E-state index is -0.625. The van der Waals surface area contributed by atoms with Crippen molar-refractivity contribution in [3.63, 3.8) is 0 Å². The summed E-state index contributed by atoms with van der Waals surface area (Å²) in [5, 5.41) is 12.3. The van der Waals surface area contributed by atoms with Gasteiger partial charge in [0.1, 0.15) is 28.7 Å². The number of aliphatic imine (C=N–C) groups is 1. The summed E-state index contributed by atoms with van der Waals surface area (Å²) in [6.45, 7) is 2.17. The second kappa shape index (κ2) is 11.5. The highest BCUT2D eigenvalue weighted by molar-refractivity contribution is 8.18. The molecule has 0 bridgehead atoms. The Morgan fingerprint density at radius 2 is 1.77 bits per heavy atom. The average molecular weight is 526 g/mol. The van der Waals surface area contributed by atoms with Gasteiger partial charge in [-0.15, -0.1) is 0 Å². The van der Waals surface area contributed by atoms with Crippen molar-refractivity contribution in [2.45, 2.75) is 13.5 Å². The molecule has 8 heteroatoms. The maximum Gasteiger partial charge on any atom is 0.344 e. The molecule has 1 aliphatic rings. The van der Waals surface area contributed by atoms with Gasteiger partial charge in [-0.05, 0) is 48.9 Å². The second-order valence-corrected chi connectivity index (χ2v) is 9.23. The zero-order valence-electron chi connectivity index (χ0n) is 18.7. The van der Waals surface area contributed by atoms with E-state index in [0.717, 1.165) is 11.1 Å². The van der Waals surface area contributed by atoms with Crippen molar-refractivity contribution in [3.8, 4) is 5.75 Å². The molecule has 3 aromatic rings. The normalized spacial score (nSPS) is 15.6. The van der Waals surface area contributed by atoms with E-state index in [9.17, 15) is 9.90 Å². The van der Waals surface area contributed by atoms with Gasteiger partial charge in [0.15, 0.2) is 0 Å². The SMILES string of the molecule is CCOC(=O)C1=C(O)/C(=C/c2ccccc2OCc2ccc(Cl)c(Cl)c2)SC1=Nc1ccccc1. The van der Waals surface area contributed by atoms with Gasteiger partial charge in [0, 0.05) is 5.56 Å². The minimum absolute atomic E-state index is 0.0427. The van der Waals surface area contributed by atoms with E-state index in [1.807, 2.05) is 60.7 Å². The van der Waals surface area contributed by atoms with Crippen molar-refractivity contribution in [1.82, 2.24) is 0 Å². The third-order valence-corrected chi connectivity index (χ3v) is 6.70. The van der Waals surface area contributed by atoms with Gasteiger partial charge >= 0.3 is 5.97 Å². The standard InChI is InChI=1S/C27H21Cl2NO4S/c1-2-33-27(32)24-25(31)23(35-26(24)30-19-9-4-3-5-10-19)15-18-8-6-7-11-22(18)34-16-17-12-13-20(28)21(29)14-17/h3-15,31H,2,16H2,1H3/b23-15-,30-26?. The first-order valence-corrected chi connectivity index (χ1v) is 12.3. The Hall–Kier alpha value is -3.19. The van der Waals surface area contributed by atoms with Crippen molar-refractivity contribution < 1.29 is 19.4 Å². The lowest BCUT2D eigenvalue weighted by molar-refractivity contribution is -0.138. The quantitative estimate of drug-likeness (QED) is 0.319. The van der Waals surface area contributed by atoms with Gasteiger partial charge in [-0.2, -0.15) is 0 Å². The minimum Gasteiger partial charge on any atom is -0.506 e. The van der Waals surface area contributed by atoms with Gasteiger partial charge in [-0.25, -0.2) is 9.79 Å². The number of hydrogen-bond donors (Lipinski definition) is 1. The maximum absolute atomic E-state index is 12.6. The van der Waals surface area contributed by atoms with Crippen molar-refractivity contribution in [1.29, 1.82) is 0 Å². The van der Waals surface area contributed by atoms with Crippen LogP contribution in [0.15, 0.2) is 94.0 Å². The van der Waals surface area contributed by atoms with Crippen molar-refractivity contribution in [2.24, 2.45) is 4.99 Å². The molecule has 0 saturated carbocycles. The Labute approximate surface area is 217 Å². The largest absolute Gasteiger partial charge is 0.506 e. The predicted octanol–water partition coefficient (Wildman–Crippen LogP) is 7.77. The zero-order valence-corrected chi connectivity index (χ0v) is 21.0. The Balaban J connectivity index is 1.65. The van der Waals surface area contributed by atoms with E-state index in [4.69, 9.17) is 32.7 Å². The average Bonchev–Trinajstić information content (AvgIpc) is 3.15. The molecule has 0 spiro atoms. The molecule has 1 heterocycles. The lowest BCUT2D eigenvalue weighted by atomic mass is 10.1. The molecule has 0 amide bonds. The third kappa shape index (κ3) is 6.09. The number of benzene rings is 3. The first-order chi connectivity index (χ1) is 17.0. The molecule has 35 heavy (non-hydrogen) atoms. The van der Waals surface area contributed by atoms with Crippen LogP contribution in [0.5, 0.6) is 5.75 Å². The Morgan fingerprint density at radius 3 is 2.51 bits per heavy atom. The van der Waals surface area contributed by atoms with Crippen LogP contribution in [-0.2, 0) is 16.1 Å². The summed E-state index contributed by atoms with van der Waals surface area (Å²) in [5.41, 5.74) is 2.30. The highest BCUT2D eigenvalue weighted by Crippen LogP contribution is 2.41. The van der Waals surface area contributed by atoms with Gasteiger partial charge in [0.05, 0.1) is 27.2 Å². The van der Waals surface area contributed by atoms with Crippen LogP contribution in [0.25, 0.3) is 6.08 Å². The van der Waals surface area contributed by atoms with Gasteiger partial charge in [-0.3, -0.25) is 0 Å². The number of nitrogens with zero attached hydrogens (tertiary/aromatic N) is 1. The summed E-state index contributed by atoms with van der Waals surface area (Å²) in [5.74, 6) is -0.201. The van der Waals surface area contributed by atoms with Crippen LogP contribution in [0, 0.1) is 0 Å². The molecule has 178 valence electrons. The second-order valence-electron chi connectivity index (χ2n) is 7.38. The highest BCUT2D eigenvalue weighted by atomic mass is 35.5. The lowest BCUT2D eigenvalue weighted by Gasteiger charge is -2.10. The number of aliphatic hydroxyl groups excluding tert-OH is 1. The monoisotopic (exact) mass is 525 g/mol. The highest BCUT2D eigenvalue weighted by Gasteiger charge is 2.33. The van der Waals surface area contributed by atoms with E-state index < -0.39 is 5.97 Å². The summed E-state index contributed by atoms with van der Waals surface area (Å²) in [4.78, 5) is 17.7. The van der Waals surface area contributed by atoms with Crippen LogP contribution in [0.4, 0.5) is 5.69 Å². The molecular formula is C27H21Cl2NO4S. The maximum atomic E-state index is 12.6. The number of carbonyl (C=O) groups is 1. The molecule has 0 saturated heterocycles. The van der Waals surface area contributed by atoms with Crippen LogP contribution >= 0.6 is 35.0 Å². The fourth-order valence-electron chi connectivity index (χ4n) is 3.27. The third-order valence-electron chi connectivity index (χ3n) is 4.94. The number of halogens is 2. The number of rotatable bonds is 7. The topological polar surface area (TPSA) is 68.1 Å². The van der Waals surface area contributed by atoms with Crippen LogP contribution in [-0.4, -0.2) is 22.7 Å². The first-order valence-electron chi connectivity index (χ1n) is 10.8. The molecule has 4 rings (SSSR count). The first kappa shape index (κ1) is 24.9. The number of hydrogen-bond acceptors (Lipinski definition) is 6. The van der Waals surface area contributed by atoms with E-state index in [0.29, 0.717) is 31.4 Å². The Morgan fingerprint density at radius 1 is 1.03 bits per heavy atom. The summed E-state index contributed by atoms with van der Waals surface area (Å²) in [7, 11) is 0. The van der Waals surface area contributed by atoms with Crippen molar-refractivity contribution in [3.05, 3.63) is 110 Å². The van der Waals surface area contributed by atoms with Crippen LogP contribution in [0.2, 0.25) is 10.0 Å². The molecule has 0 radical (unpaired) electrons. The molecule has 1 aliphatic heterocycles. The van der Waals surface area contributed by atoms with Crippen LogP contribution in [0.3, 0.4) is 0 Å². The number of para-hydroxylation sites is 2. The fourth-order valence-corrected chi connectivity index (χ4v) is 4.62. The number of ether oxygens (including phenoxy) is 2. The molecule has 0 atom stereocenters. The van der Waals surface area contributed by atoms with Gasteiger partial charge in [0.2, 0.25) is 0 Å². The van der Waals surface area contributed by atoms with E-state index in [1.165, 1.54) is 11.8 Å². The zero-order chi connectivity index (χ0) is 24.8. The number of carbonyl (C=O) groups excluding carboxylic acids is 1. The van der Waals surface area contributed by atoms with Crippen molar-refractivity contribution in [2.75, 3.05) is 6.61 Å². The van der Waals surface area contributed by atoms with E-state index in [2.05, 4.69) is 4.99 Å². The lowest BCUT2D eigenvalue weighted by Crippen LogP contribution is -2.12. The molecule has 3 aromatic carbocycles. The molecule has 0 aliphatic carbocycles. The van der Waals surface area contributed by atoms with Gasteiger partial charge < -0.3 is 14.6 Å². The molecule has 0 aromatic heterocycles. The summed E-state index contributed by atoms with van der Waals surface area (Å²) < 4.78 is 11.2. The van der Waals surface area contributed by atoms with Gasteiger partial charge in [0.25, 0.3) is 0 Å². The molecule has 0 unspecified atom stereocenters. The Bertz CT molecular complexity index is 1340. The molecule has 0 fully saturated rings. The summed E-state index contributed by atoms with van der Waals surface area (Å²) in [6.07, 6.45) is 1.76. The van der Waals surface area contributed by atoms with Crippen LogP contribution in [0.1, 0.15) is 18.1 Å². The van der Waals surface area contributed by atoms with E-state index in [1.54, 1.807) is 25.1 Å². The smallest absolute Gasteiger partial charge is 0.344 e. The number of esters is 1. The summed E-state index contributed by atoms with van der Waals surface area (Å²) in [6, 6.07) is 22.0. The fraction of sp³-hybridized carbons (Fsp3) is 0.111. The molecule has 5 nitrogen and oxygen atoms in total. The summed E-state index contributed by atoms with van der Waals surface area (Å²) >= 11 is 13.3. The number of aliphatic hydroxyl groups is 1. The Kier molecular flexibility index (Phi) is 8.18. The van der Waals surface area contributed by atoms with Crippen molar-refractivity contribution >= 4 is 57.7 Å². The molecule has 1 N–H and O–H groups in total. The van der Waals surface area contributed by atoms with E-state index >= 15 is 0 Å². The van der Waals surface area contributed by atoms with Gasteiger partial charge in [-0.1, -0.05) is 77.4 Å². The van der Waals surface area contributed by atoms with E-state index in [-0.39, 0.29) is 24.5 Å². The number of thioether (sulfide) groups is 1. The predicted molar refractivity (Wildman–Crippen MR) is 143 cm³/mol. The van der Waals surface area contributed by atoms with Crippen LogP contribution < -0.4 is 4.74 Å².